The summed E-state index contributed by atoms with van der Waals surface area (Å²) in [7, 11) is 0. The molecule has 0 unspecified atom stereocenters. The first-order valence-electron chi connectivity index (χ1n) is 8.71. The van der Waals surface area contributed by atoms with Crippen LogP contribution in [0.2, 0.25) is 0 Å². The summed E-state index contributed by atoms with van der Waals surface area (Å²) < 4.78 is 16.9. The maximum atomic E-state index is 12.7. The van der Waals surface area contributed by atoms with Crippen molar-refractivity contribution in [2.75, 3.05) is 26.3 Å². The normalized spacial score (nSPS) is 42.7. The van der Waals surface area contributed by atoms with Crippen molar-refractivity contribution in [2.45, 2.75) is 50.0 Å². The number of nitrogens with zero attached hydrogens (tertiary/aromatic N) is 1. The Morgan fingerprint density at radius 2 is 2.24 bits per heavy atom. The molecule has 0 saturated carbocycles. The fraction of sp³-hybridized carbons (Fsp3) is 0.667. The summed E-state index contributed by atoms with van der Waals surface area (Å²) in [5.41, 5.74) is -1.00. The van der Waals surface area contributed by atoms with E-state index in [1.54, 1.807) is 19.9 Å². The Labute approximate surface area is 146 Å². The van der Waals surface area contributed by atoms with Crippen LogP contribution in [0.5, 0.6) is 0 Å². The minimum absolute atomic E-state index is 0.0233. The van der Waals surface area contributed by atoms with Gasteiger partial charge < -0.3 is 19.3 Å². The number of hydrogen-bond donors (Lipinski definition) is 1. The van der Waals surface area contributed by atoms with E-state index in [1.807, 2.05) is 6.08 Å². The summed E-state index contributed by atoms with van der Waals surface area (Å²) in [5.74, 6) is -0.903. The molecule has 0 aromatic heterocycles. The van der Waals surface area contributed by atoms with Crippen LogP contribution in [0.3, 0.4) is 0 Å². The summed E-state index contributed by atoms with van der Waals surface area (Å²) in [6, 6.07) is -0.0233. The zero-order valence-electron chi connectivity index (χ0n) is 14.5. The molecule has 0 bridgehead atoms. The molecule has 136 valence electrons. The van der Waals surface area contributed by atoms with Crippen molar-refractivity contribution in [1.82, 2.24) is 4.90 Å². The molecule has 25 heavy (non-hydrogen) atoms. The summed E-state index contributed by atoms with van der Waals surface area (Å²) in [4.78, 5) is 27.5. The number of carbonyl (C=O) groups excluding carboxylic acids is 2. The smallest absolute Gasteiger partial charge is 0.341 e. The first-order valence-corrected chi connectivity index (χ1v) is 8.71. The number of carbonyl (C=O) groups is 2. The highest BCUT2D eigenvalue weighted by Gasteiger charge is 2.73. The van der Waals surface area contributed by atoms with Crippen molar-refractivity contribution in [3.05, 3.63) is 23.3 Å². The van der Waals surface area contributed by atoms with Gasteiger partial charge in [0.2, 0.25) is 0 Å². The number of hydrogen-bond acceptors (Lipinski definition) is 7. The lowest BCUT2D eigenvalue weighted by Crippen LogP contribution is -2.40. The second kappa shape index (κ2) is 5.65. The van der Waals surface area contributed by atoms with E-state index in [2.05, 4.69) is 4.90 Å². The predicted molar refractivity (Wildman–Crippen MR) is 86.6 cm³/mol. The number of rotatable bonds is 1. The number of esters is 2. The van der Waals surface area contributed by atoms with E-state index >= 15 is 0 Å². The van der Waals surface area contributed by atoms with Crippen LogP contribution in [0.25, 0.3) is 0 Å². The predicted octanol–water partition coefficient (Wildman–Crippen LogP) is 0.326. The molecule has 4 atom stereocenters. The number of allylic oxidation sites excluding steroid dienone is 1. The molecule has 0 aromatic rings. The van der Waals surface area contributed by atoms with Crippen molar-refractivity contribution < 1.29 is 28.9 Å². The van der Waals surface area contributed by atoms with Crippen LogP contribution in [0.1, 0.15) is 26.7 Å². The van der Waals surface area contributed by atoms with Crippen molar-refractivity contribution in [1.29, 1.82) is 0 Å². The van der Waals surface area contributed by atoms with Crippen LogP contribution >= 0.6 is 0 Å². The number of aliphatic hydroxyl groups is 1. The van der Waals surface area contributed by atoms with E-state index in [0.29, 0.717) is 5.57 Å². The van der Waals surface area contributed by atoms with Crippen LogP contribution in [-0.4, -0.2) is 71.6 Å². The molecule has 4 rings (SSSR count). The summed E-state index contributed by atoms with van der Waals surface area (Å²) >= 11 is 0. The summed E-state index contributed by atoms with van der Waals surface area (Å²) in [6.45, 7) is 4.76. The molecular weight excluding hydrogens is 326 g/mol. The van der Waals surface area contributed by atoms with E-state index < -0.39 is 23.1 Å². The van der Waals surface area contributed by atoms with E-state index in [4.69, 9.17) is 14.2 Å². The highest BCUT2D eigenvalue weighted by molar-refractivity contribution is 5.90. The van der Waals surface area contributed by atoms with Gasteiger partial charge in [-0.1, -0.05) is 12.2 Å². The average molecular weight is 349 g/mol. The van der Waals surface area contributed by atoms with Gasteiger partial charge in [0.05, 0.1) is 12.6 Å². The van der Waals surface area contributed by atoms with E-state index in [9.17, 15) is 14.7 Å². The molecule has 3 fully saturated rings. The second-order valence-corrected chi connectivity index (χ2v) is 7.31. The van der Waals surface area contributed by atoms with Gasteiger partial charge >= 0.3 is 11.9 Å². The Balaban J connectivity index is 1.67. The minimum atomic E-state index is -1.25. The molecule has 3 saturated heterocycles. The van der Waals surface area contributed by atoms with E-state index in [0.717, 1.165) is 25.1 Å². The van der Waals surface area contributed by atoms with Crippen LogP contribution in [0.15, 0.2) is 23.3 Å². The molecule has 0 aromatic carbocycles. The first kappa shape index (κ1) is 16.8. The topological polar surface area (TPSA) is 88.6 Å². The largest absolute Gasteiger partial charge is 0.459 e. The van der Waals surface area contributed by atoms with Gasteiger partial charge in [-0.3, -0.25) is 4.90 Å². The Bertz CT molecular complexity index is 685. The molecule has 4 heterocycles. The molecule has 7 heteroatoms. The monoisotopic (exact) mass is 349 g/mol. The third-order valence-corrected chi connectivity index (χ3v) is 6.00. The molecule has 0 amide bonds. The lowest BCUT2D eigenvalue weighted by atomic mass is 9.88. The average Bonchev–Trinajstić information content (AvgIpc) is 2.90. The van der Waals surface area contributed by atoms with Gasteiger partial charge in [-0.05, 0) is 25.8 Å². The molecular formula is C18H23NO6. The number of ether oxygens (including phenoxy) is 3. The Hall–Kier alpha value is -1.70. The van der Waals surface area contributed by atoms with Crippen LogP contribution < -0.4 is 0 Å². The lowest BCUT2D eigenvalue weighted by Gasteiger charge is -2.26. The fourth-order valence-corrected chi connectivity index (χ4v) is 4.26. The third-order valence-electron chi connectivity index (χ3n) is 6.00. The summed E-state index contributed by atoms with van der Waals surface area (Å²) in [6.07, 6.45) is 4.34. The molecule has 7 nitrogen and oxygen atoms in total. The van der Waals surface area contributed by atoms with Gasteiger partial charge in [0.15, 0.2) is 5.60 Å². The quantitative estimate of drug-likeness (QED) is 0.316. The maximum Gasteiger partial charge on any atom is 0.341 e. The van der Waals surface area contributed by atoms with Crippen molar-refractivity contribution in [3.63, 3.8) is 0 Å². The van der Waals surface area contributed by atoms with Crippen LogP contribution in [0.4, 0.5) is 0 Å². The fourth-order valence-electron chi connectivity index (χ4n) is 4.26. The van der Waals surface area contributed by atoms with Crippen LogP contribution in [0, 0.1) is 0 Å². The Morgan fingerprint density at radius 3 is 2.96 bits per heavy atom. The SMILES string of the molecule is C/C=C1/C[C@]2(CO)O[C@]2(C)C(=O)OCC2=CCN3CC[C@@H](OC1=O)[C@@H]23. The van der Waals surface area contributed by atoms with Gasteiger partial charge in [0, 0.05) is 25.1 Å². The van der Waals surface area contributed by atoms with Crippen molar-refractivity contribution in [3.8, 4) is 0 Å². The molecule has 0 spiro atoms. The van der Waals surface area contributed by atoms with Gasteiger partial charge in [0.25, 0.3) is 0 Å². The number of cyclic esters (lactones) is 1. The molecule has 0 aliphatic carbocycles. The van der Waals surface area contributed by atoms with Gasteiger partial charge in [-0.2, -0.15) is 0 Å². The maximum absolute atomic E-state index is 12.7. The van der Waals surface area contributed by atoms with Crippen molar-refractivity contribution in [2.24, 2.45) is 0 Å². The molecule has 4 aliphatic heterocycles. The highest BCUT2D eigenvalue weighted by Crippen LogP contribution is 2.52. The minimum Gasteiger partial charge on any atom is -0.459 e. The number of epoxide rings is 1. The zero-order valence-corrected chi connectivity index (χ0v) is 14.5. The third kappa shape index (κ3) is 2.37. The van der Waals surface area contributed by atoms with Gasteiger partial charge in [0.1, 0.15) is 18.3 Å². The Kier molecular flexibility index (Phi) is 3.79. The van der Waals surface area contributed by atoms with Gasteiger partial charge in [-0.25, -0.2) is 9.59 Å². The lowest BCUT2D eigenvalue weighted by molar-refractivity contribution is -0.150. The standard InChI is InChI=1S/C18H23NO6/c1-3-11-8-18(10-20)17(2,25-18)16(22)23-9-12-4-6-19-7-5-13(14(12)19)24-15(11)21/h3-4,13-14,20H,5-10H2,1-2H3/b11-3-/t13-,14-,17-,18-/m1/s1. The number of fused-ring (bicyclic) bond motifs is 1. The molecule has 1 N–H and O–H groups in total. The summed E-state index contributed by atoms with van der Waals surface area (Å²) in [5, 5.41) is 9.80. The first-order chi connectivity index (χ1) is 11.9. The number of aliphatic hydroxyl groups excluding tert-OH is 1. The molecule has 4 aliphatic rings. The molecule has 0 radical (unpaired) electrons. The van der Waals surface area contributed by atoms with E-state index in [-0.39, 0.29) is 31.8 Å². The van der Waals surface area contributed by atoms with Gasteiger partial charge in [-0.15, -0.1) is 0 Å². The van der Waals surface area contributed by atoms with Crippen LogP contribution in [-0.2, 0) is 23.8 Å². The zero-order chi connectivity index (χ0) is 17.8. The van der Waals surface area contributed by atoms with E-state index in [1.165, 1.54) is 0 Å². The Morgan fingerprint density at radius 1 is 1.44 bits per heavy atom. The van der Waals surface area contributed by atoms with Crippen molar-refractivity contribution >= 4 is 11.9 Å². The highest BCUT2D eigenvalue weighted by atomic mass is 16.7. The second-order valence-electron chi connectivity index (χ2n) is 7.31.